The minimum Gasteiger partial charge on any atom is -0.371 e. The van der Waals surface area contributed by atoms with E-state index in [0.29, 0.717) is 11.2 Å². The summed E-state index contributed by atoms with van der Waals surface area (Å²) in [4.78, 5) is 17.6. The van der Waals surface area contributed by atoms with Gasteiger partial charge < -0.3 is 10.2 Å². The van der Waals surface area contributed by atoms with Gasteiger partial charge in [-0.05, 0) is 38.0 Å². The van der Waals surface area contributed by atoms with Crippen molar-refractivity contribution in [3.05, 3.63) is 35.5 Å². The van der Waals surface area contributed by atoms with E-state index in [1.54, 1.807) is 6.92 Å². The summed E-state index contributed by atoms with van der Waals surface area (Å²) in [5.41, 5.74) is 1.26. The predicted octanol–water partition coefficient (Wildman–Crippen LogP) is 3.67. The second kappa shape index (κ2) is 6.54. The maximum absolute atomic E-state index is 12.9. The maximum atomic E-state index is 12.9. The number of aryl methyl sites for hydroxylation is 1. The van der Waals surface area contributed by atoms with Crippen molar-refractivity contribution in [3.8, 4) is 0 Å². The zero-order valence-corrected chi connectivity index (χ0v) is 14.2. The Morgan fingerprint density at radius 2 is 1.92 bits per heavy atom. The molecule has 1 N–H and O–H groups in total. The molecule has 3 rings (SSSR count). The molecule has 0 spiro atoms. The highest BCUT2D eigenvalue weighted by atomic mass is 19.4. The summed E-state index contributed by atoms with van der Waals surface area (Å²) in [6, 6.07) is 5.77. The van der Waals surface area contributed by atoms with Crippen LogP contribution in [0.5, 0.6) is 0 Å². The molecule has 0 saturated carbocycles. The molecule has 1 aliphatic rings. The Morgan fingerprint density at radius 1 is 1.24 bits per heavy atom. The number of hydrogen-bond donors (Lipinski definition) is 1. The number of pyridine rings is 1. The summed E-state index contributed by atoms with van der Waals surface area (Å²) < 4.78 is 38.8. The number of carbonyl (C=O) groups excluding carboxylic acids is 1. The molecule has 0 atom stereocenters. The van der Waals surface area contributed by atoms with Gasteiger partial charge in [-0.25, -0.2) is 0 Å². The van der Waals surface area contributed by atoms with Crippen LogP contribution in [-0.2, 0) is 11.0 Å². The topological polar surface area (TPSA) is 45.2 Å². The number of nitrogens with zero attached hydrogens (tertiary/aromatic N) is 2. The quantitative estimate of drug-likeness (QED) is 0.898. The van der Waals surface area contributed by atoms with Crippen molar-refractivity contribution < 1.29 is 18.0 Å². The normalized spacial score (nSPS) is 16.3. The molecule has 1 aromatic carbocycles. The van der Waals surface area contributed by atoms with E-state index in [0.717, 1.165) is 49.1 Å². The number of hydrogen-bond acceptors (Lipinski definition) is 3. The number of amides is 1. The summed E-state index contributed by atoms with van der Waals surface area (Å²) in [6.45, 7) is 4.77. The van der Waals surface area contributed by atoms with Gasteiger partial charge in [-0.2, -0.15) is 13.2 Å². The highest BCUT2D eigenvalue weighted by molar-refractivity contribution is 5.92. The lowest BCUT2D eigenvalue weighted by atomic mass is 10.0. The van der Waals surface area contributed by atoms with Gasteiger partial charge in [0.15, 0.2) is 0 Å². The molecule has 1 fully saturated rings. The third-order valence-corrected chi connectivity index (χ3v) is 4.49. The van der Waals surface area contributed by atoms with Crippen LogP contribution in [0.25, 0.3) is 10.9 Å². The molecule has 1 amide bonds. The molecule has 1 aliphatic heterocycles. The molecule has 1 saturated heterocycles. The number of benzene rings is 1. The lowest BCUT2D eigenvalue weighted by molar-refractivity contribution is -0.137. The van der Waals surface area contributed by atoms with E-state index in [1.807, 2.05) is 6.07 Å². The highest BCUT2D eigenvalue weighted by Gasteiger charge is 2.31. The van der Waals surface area contributed by atoms with Crippen molar-refractivity contribution in [1.29, 1.82) is 0 Å². The average molecular weight is 351 g/mol. The first-order valence-electron chi connectivity index (χ1n) is 8.24. The van der Waals surface area contributed by atoms with E-state index in [9.17, 15) is 18.0 Å². The van der Waals surface area contributed by atoms with Crippen molar-refractivity contribution in [2.75, 3.05) is 18.0 Å². The van der Waals surface area contributed by atoms with Crippen molar-refractivity contribution >= 4 is 22.5 Å². The largest absolute Gasteiger partial charge is 0.416 e. The number of fused-ring (bicyclic) bond motifs is 1. The first-order valence-corrected chi connectivity index (χ1v) is 8.24. The van der Waals surface area contributed by atoms with Gasteiger partial charge in [-0.1, -0.05) is 6.07 Å². The molecule has 2 heterocycles. The number of carbonyl (C=O) groups is 1. The highest BCUT2D eigenvalue weighted by Crippen LogP contribution is 2.34. The predicted molar refractivity (Wildman–Crippen MR) is 90.5 cm³/mol. The van der Waals surface area contributed by atoms with Gasteiger partial charge in [0.2, 0.25) is 5.91 Å². The Labute approximate surface area is 144 Å². The van der Waals surface area contributed by atoms with Crippen molar-refractivity contribution in [2.45, 2.75) is 38.9 Å². The number of halogens is 3. The Balaban J connectivity index is 1.90. The lowest BCUT2D eigenvalue weighted by Crippen LogP contribution is -2.44. The minimum atomic E-state index is -4.38. The zero-order chi connectivity index (χ0) is 18.2. The fourth-order valence-corrected chi connectivity index (χ4v) is 3.33. The van der Waals surface area contributed by atoms with Crippen LogP contribution in [0.15, 0.2) is 24.3 Å². The smallest absolute Gasteiger partial charge is 0.371 e. The van der Waals surface area contributed by atoms with E-state index in [2.05, 4.69) is 15.2 Å². The molecule has 0 unspecified atom stereocenters. The van der Waals surface area contributed by atoms with Crippen LogP contribution in [0.3, 0.4) is 0 Å². The summed E-state index contributed by atoms with van der Waals surface area (Å²) >= 11 is 0. The number of piperidine rings is 1. The van der Waals surface area contributed by atoms with E-state index in [1.165, 1.54) is 13.0 Å². The second-order valence-corrected chi connectivity index (χ2v) is 6.47. The Bertz CT molecular complexity index is 796. The fourth-order valence-electron chi connectivity index (χ4n) is 3.33. The summed E-state index contributed by atoms with van der Waals surface area (Å²) in [5.74, 6) is -0.0386. The molecule has 4 nitrogen and oxygen atoms in total. The third-order valence-electron chi connectivity index (χ3n) is 4.49. The number of rotatable bonds is 2. The molecule has 0 bridgehead atoms. The van der Waals surface area contributed by atoms with Gasteiger partial charge >= 0.3 is 6.18 Å². The van der Waals surface area contributed by atoms with E-state index in [-0.39, 0.29) is 11.9 Å². The Kier molecular flexibility index (Phi) is 4.58. The standard InChI is InChI=1S/C18H20F3N3O/c1-11-9-17(24-7-5-14(6-8-24)23-12(2)25)15-4-3-13(18(19,20)21)10-16(15)22-11/h3-4,9-10,14H,5-8H2,1-2H3,(H,23,25). The SMILES string of the molecule is CC(=O)NC1CCN(c2cc(C)nc3cc(C(F)(F)F)ccc23)CC1. The van der Waals surface area contributed by atoms with Crippen LogP contribution in [0.2, 0.25) is 0 Å². The average Bonchev–Trinajstić information content (AvgIpc) is 2.53. The molecule has 1 aromatic heterocycles. The molecular weight excluding hydrogens is 331 g/mol. The first kappa shape index (κ1) is 17.5. The summed E-state index contributed by atoms with van der Waals surface area (Å²) in [5, 5.41) is 3.64. The molecule has 134 valence electrons. The van der Waals surface area contributed by atoms with E-state index in [4.69, 9.17) is 0 Å². The van der Waals surface area contributed by atoms with Crippen molar-refractivity contribution in [1.82, 2.24) is 10.3 Å². The third kappa shape index (κ3) is 3.86. The number of aromatic nitrogens is 1. The molecule has 0 aliphatic carbocycles. The van der Waals surface area contributed by atoms with Gasteiger partial charge in [0.1, 0.15) is 0 Å². The van der Waals surface area contributed by atoms with Crippen LogP contribution in [0.4, 0.5) is 18.9 Å². The minimum absolute atomic E-state index is 0.0386. The van der Waals surface area contributed by atoms with Gasteiger partial charge in [-0.3, -0.25) is 9.78 Å². The van der Waals surface area contributed by atoms with Gasteiger partial charge in [0.25, 0.3) is 0 Å². The van der Waals surface area contributed by atoms with Crippen LogP contribution in [0, 0.1) is 6.92 Å². The van der Waals surface area contributed by atoms with Crippen molar-refractivity contribution in [3.63, 3.8) is 0 Å². The lowest BCUT2D eigenvalue weighted by Gasteiger charge is -2.34. The van der Waals surface area contributed by atoms with Crippen LogP contribution in [-0.4, -0.2) is 30.0 Å². The van der Waals surface area contributed by atoms with Crippen molar-refractivity contribution in [2.24, 2.45) is 0 Å². The maximum Gasteiger partial charge on any atom is 0.416 e. The Morgan fingerprint density at radius 3 is 2.52 bits per heavy atom. The fraction of sp³-hybridized carbons (Fsp3) is 0.444. The number of anilines is 1. The Hall–Kier alpha value is -2.31. The molecule has 7 heteroatoms. The molecule has 25 heavy (non-hydrogen) atoms. The monoisotopic (exact) mass is 351 g/mol. The van der Waals surface area contributed by atoms with Gasteiger partial charge in [0, 0.05) is 42.8 Å². The molecular formula is C18H20F3N3O. The van der Waals surface area contributed by atoms with E-state index >= 15 is 0 Å². The zero-order valence-electron chi connectivity index (χ0n) is 14.2. The van der Waals surface area contributed by atoms with Crippen LogP contribution >= 0.6 is 0 Å². The summed E-state index contributed by atoms with van der Waals surface area (Å²) in [7, 11) is 0. The van der Waals surface area contributed by atoms with Crippen LogP contribution in [0.1, 0.15) is 31.0 Å². The summed E-state index contributed by atoms with van der Waals surface area (Å²) in [6.07, 6.45) is -2.76. The number of nitrogens with one attached hydrogen (secondary N) is 1. The van der Waals surface area contributed by atoms with Crippen LogP contribution < -0.4 is 10.2 Å². The van der Waals surface area contributed by atoms with E-state index < -0.39 is 11.7 Å². The number of alkyl halides is 3. The first-order chi connectivity index (χ1) is 11.7. The second-order valence-electron chi connectivity index (χ2n) is 6.47. The van der Waals surface area contributed by atoms with Gasteiger partial charge in [0.05, 0.1) is 11.1 Å². The molecule has 2 aromatic rings. The van der Waals surface area contributed by atoms with Gasteiger partial charge in [-0.15, -0.1) is 0 Å². The molecule has 0 radical (unpaired) electrons.